The quantitative estimate of drug-likeness (QED) is 0.397. The molecular weight excluding hydrogens is 160 g/mol. The number of aliphatic hydroxyl groups excluding tert-OH is 2. The Hall–Kier alpha value is -0.650. The van der Waals surface area contributed by atoms with Gasteiger partial charge in [-0.2, -0.15) is 0 Å². The summed E-state index contributed by atoms with van der Waals surface area (Å²) in [6.45, 7) is 1.23. The highest BCUT2D eigenvalue weighted by molar-refractivity contribution is 5.81. The number of nitrogens with one attached hydrogen (secondary N) is 1. The highest BCUT2D eigenvalue weighted by Crippen LogP contribution is 1.88. The van der Waals surface area contributed by atoms with Gasteiger partial charge < -0.3 is 21.3 Å². The minimum Gasteiger partial charge on any atom is -0.394 e. The summed E-state index contributed by atoms with van der Waals surface area (Å²) in [4.78, 5) is 11.0. The van der Waals surface area contributed by atoms with Crippen molar-refractivity contribution in [3.63, 3.8) is 0 Å². The molecule has 0 rings (SSSR count). The van der Waals surface area contributed by atoms with Crippen LogP contribution in [0.25, 0.3) is 0 Å². The van der Waals surface area contributed by atoms with Crippen molar-refractivity contribution in [3.8, 4) is 0 Å². The monoisotopic (exact) mass is 176 g/mol. The van der Waals surface area contributed by atoms with Crippen LogP contribution in [0.3, 0.4) is 0 Å². The molecule has 5 nitrogen and oxygen atoms in total. The summed E-state index contributed by atoms with van der Waals surface area (Å²) in [6, 6.07) is -1.17. The summed E-state index contributed by atoms with van der Waals surface area (Å²) >= 11 is 0. The van der Waals surface area contributed by atoms with E-state index in [0.717, 1.165) is 0 Å². The van der Waals surface area contributed by atoms with Gasteiger partial charge in [0.15, 0.2) is 0 Å². The zero-order chi connectivity index (χ0) is 9.56. The minimum absolute atomic E-state index is 0.279. The Morgan fingerprint density at radius 3 is 2.33 bits per heavy atom. The molecule has 0 aliphatic heterocycles. The second-order valence-electron chi connectivity index (χ2n) is 2.59. The van der Waals surface area contributed by atoms with Crippen molar-refractivity contribution in [2.24, 2.45) is 5.73 Å². The van der Waals surface area contributed by atoms with E-state index in [2.05, 4.69) is 5.32 Å². The molecule has 12 heavy (non-hydrogen) atoms. The van der Waals surface area contributed by atoms with Crippen LogP contribution < -0.4 is 11.1 Å². The smallest absolute Gasteiger partial charge is 0.237 e. The van der Waals surface area contributed by atoms with E-state index in [4.69, 9.17) is 15.9 Å². The Bertz CT molecular complexity index is 137. The SMILES string of the molecule is CC[C@H](N)C(=O)NC(CO)CO. The molecule has 0 fully saturated rings. The van der Waals surface area contributed by atoms with Gasteiger partial charge in [0, 0.05) is 0 Å². The van der Waals surface area contributed by atoms with E-state index in [1.165, 1.54) is 0 Å². The van der Waals surface area contributed by atoms with Crippen LogP contribution in [0.15, 0.2) is 0 Å². The summed E-state index contributed by atoms with van der Waals surface area (Å²) in [5.41, 5.74) is 5.40. The van der Waals surface area contributed by atoms with Gasteiger partial charge in [0.25, 0.3) is 0 Å². The number of hydrogen-bond donors (Lipinski definition) is 4. The molecule has 5 N–H and O–H groups in total. The zero-order valence-electron chi connectivity index (χ0n) is 7.16. The van der Waals surface area contributed by atoms with Crippen LogP contribution in [0.2, 0.25) is 0 Å². The maximum Gasteiger partial charge on any atom is 0.237 e. The second-order valence-corrected chi connectivity index (χ2v) is 2.59. The molecule has 0 unspecified atom stereocenters. The summed E-state index contributed by atoms with van der Waals surface area (Å²) < 4.78 is 0. The molecule has 72 valence electrons. The molecule has 0 aromatic rings. The van der Waals surface area contributed by atoms with Gasteiger partial charge in [0.2, 0.25) is 5.91 Å². The summed E-state index contributed by atoms with van der Waals surface area (Å²) in [7, 11) is 0. The van der Waals surface area contributed by atoms with Crippen molar-refractivity contribution in [2.45, 2.75) is 25.4 Å². The van der Waals surface area contributed by atoms with Gasteiger partial charge in [-0.1, -0.05) is 6.92 Å². The highest BCUT2D eigenvalue weighted by atomic mass is 16.3. The molecule has 0 heterocycles. The van der Waals surface area contributed by atoms with Crippen molar-refractivity contribution in [1.29, 1.82) is 0 Å². The lowest BCUT2D eigenvalue weighted by Crippen LogP contribution is -2.47. The maximum absolute atomic E-state index is 11.0. The van der Waals surface area contributed by atoms with E-state index in [1.807, 2.05) is 0 Å². The lowest BCUT2D eigenvalue weighted by molar-refractivity contribution is -0.123. The fourth-order valence-electron chi connectivity index (χ4n) is 0.643. The van der Waals surface area contributed by atoms with Crippen LogP contribution in [-0.4, -0.2) is 41.4 Å². The lowest BCUT2D eigenvalue weighted by Gasteiger charge is -2.15. The highest BCUT2D eigenvalue weighted by Gasteiger charge is 2.14. The van der Waals surface area contributed by atoms with Crippen LogP contribution in [0.5, 0.6) is 0 Å². The van der Waals surface area contributed by atoms with Crippen LogP contribution in [-0.2, 0) is 4.79 Å². The third kappa shape index (κ3) is 3.66. The predicted molar refractivity (Wildman–Crippen MR) is 44.4 cm³/mol. The van der Waals surface area contributed by atoms with Gasteiger partial charge in [-0.3, -0.25) is 4.79 Å². The number of amides is 1. The Labute approximate surface area is 71.6 Å². The van der Waals surface area contributed by atoms with Crippen molar-refractivity contribution in [2.75, 3.05) is 13.2 Å². The minimum atomic E-state index is -0.602. The molecule has 0 aliphatic carbocycles. The molecule has 0 aromatic carbocycles. The van der Waals surface area contributed by atoms with Crippen LogP contribution >= 0.6 is 0 Å². The van der Waals surface area contributed by atoms with Gasteiger partial charge in [0.05, 0.1) is 25.3 Å². The topological polar surface area (TPSA) is 95.6 Å². The van der Waals surface area contributed by atoms with Gasteiger partial charge in [-0.25, -0.2) is 0 Å². The lowest BCUT2D eigenvalue weighted by atomic mass is 10.2. The number of nitrogens with two attached hydrogens (primary N) is 1. The third-order valence-corrected chi connectivity index (χ3v) is 1.56. The van der Waals surface area contributed by atoms with Crippen molar-refractivity contribution < 1.29 is 15.0 Å². The second kappa shape index (κ2) is 5.93. The third-order valence-electron chi connectivity index (χ3n) is 1.56. The molecule has 0 aliphatic rings. The molecule has 0 saturated carbocycles. The number of carbonyl (C=O) groups excluding carboxylic acids is 1. The van der Waals surface area contributed by atoms with E-state index < -0.39 is 12.1 Å². The molecule has 5 heteroatoms. The molecule has 0 aromatic heterocycles. The average molecular weight is 176 g/mol. The first-order chi connectivity index (χ1) is 5.65. The van der Waals surface area contributed by atoms with E-state index in [9.17, 15) is 4.79 Å². The molecular formula is C7H16N2O3. The van der Waals surface area contributed by atoms with E-state index in [1.54, 1.807) is 6.92 Å². The molecule has 0 radical (unpaired) electrons. The van der Waals surface area contributed by atoms with Crippen LogP contribution in [0.1, 0.15) is 13.3 Å². The van der Waals surface area contributed by atoms with Crippen LogP contribution in [0, 0.1) is 0 Å². The van der Waals surface area contributed by atoms with E-state index >= 15 is 0 Å². The first kappa shape index (κ1) is 11.4. The van der Waals surface area contributed by atoms with Gasteiger partial charge in [-0.05, 0) is 6.42 Å². The van der Waals surface area contributed by atoms with Gasteiger partial charge in [0.1, 0.15) is 0 Å². The first-order valence-corrected chi connectivity index (χ1v) is 3.93. The fourth-order valence-corrected chi connectivity index (χ4v) is 0.643. The summed E-state index contributed by atoms with van der Waals surface area (Å²) in [5, 5.41) is 19.6. The van der Waals surface area contributed by atoms with Gasteiger partial charge in [-0.15, -0.1) is 0 Å². The number of aliphatic hydroxyl groups is 2. The normalized spacial score (nSPS) is 13.1. The Kier molecular flexibility index (Phi) is 5.61. The Morgan fingerprint density at radius 2 is 2.00 bits per heavy atom. The average Bonchev–Trinajstić information content (AvgIpc) is 2.12. The standard InChI is InChI=1S/C7H16N2O3/c1-2-6(8)7(12)9-5(3-10)4-11/h5-6,10-11H,2-4,8H2,1H3,(H,9,12)/t6-/m0/s1. The molecule has 0 bridgehead atoms. The number of rotatable bonds is 5. The van der Waals surface area contributed by atoms with Crippen molar-refractivity contribution in [3.05, 3.63) is 0 Å². The molecule has 1 atom stereocenters. The van der Waals surface area contributed by atoms with Crippen LogP contribution in [0.4, 0.5) is 0 Å². The molecule has 1 amide bonds. The first-order valence-electron chi connectivity index (χ1n) is 3.93. The summed E-state index contributed by atoms with van der Waals surface area (Å²) in [6.07, 6.45) is 0.537. The predicted octanol–water partition coefficient (Wildman–Crippen LogP) is -1.81. The Balaban J connectivity index is 3.81. The van der Waals surface area contributed by atoms with E-state index in [0.29, 0.717) is 6.42 Å². The number of carbonyl (C=O) groups is 1. The largest absolute Gasteiger partial charge is 0.394 e. The summed E-state index contributed by atoms with van der Waals surface area (Å²) in [5.74, 6) is -0.342. The van der Waals surface area contributed by atoms with Crippen molar-refractivity contribution in [1.82, 2.24) is 5.32 Å². The zero-order valence-corrected chi connectivity index (χ0v) is 7.16. The molecule has 0 saturated heterocycles. The Morgan fingerprint density at radius 1 is 1.50 bits per heavy atom. The fraction of sp³-hybridized carbons (Fsp3) is 0.857. The van der Waals surface area contributed by atoms with Crippen molar-refractivity contribution >= 4 is 5.91 Å². The van der Waals surface area contributed by atoms with Gasteiger partial charge >= 0.3 is 0 Å². The van der Waals surface area contributed by atoms with E-state index in [-0.39, 0.29) is 19.1 Å². The number of hydrogen-bond acceptors (Lipinski definition) is 4. The molecule has 0 spiro atoms. The maximum atomic E-state index is 11.0.